The molecule has 0 radical (unpaired) electrons. The van der Waals surface area contributed by atoms with Gasteiger partial charge in [-0.05, 0) is 24.3 Å². The van der Waals surface area contributed by atoms with Crippen LogP contribution in [-0.4, -0.2) is 33.4 Å². The minimum absolute atomic E-state index is 0.145. The molecule has 0 saturated carbocycles. The van der Waals surface area contributed by atoms with Gasteiger partial charge in [0.15, 0.2) is 0 Å². The van der Waals surface area contributed by atoms with Crippen molar-refractivity contribution in [2.75, 3.05) is 11.4 Å². The van der Waals surface area contributed by atoms with Gasteiger partial charge in [-0.1, -0.05) is 36.4 Å². The van der Waals surface area contributed by atoms with Crippen LogP contribution in [0.5, 0.6) is 0 Å². The molecular formula is C20H20N4O3. The summed E-state index contributed by atoms with van der Waals surface area (Å²) in [6.07, 6.45) is -0.660. The summed E-state index contributed by atoms with van der Waals surface area (Å²) in [6, 6.07) is 20.6. The summed E-state index contributed by atoms with van der Waals surface area (Å²) < 4.78 is 1.70. The van der Waals surface area contributed by atoms with Crippen molar-refractivity contribution in [3.05, 3.63) is 72.4 Å². The van der Waals surface area contributed by atoms with Crippen molar-refractivity contribution in [1.29, 1.82) is 0 Å². The van der Waals surface area contributed by atoms with Gasteiger partial charge in [0, 0.05) is 26.0 Å². The number of para-hydroxylation sites is 2. The SMILES string of the molecule is CC(=O)N(c1ccccc1)c1cc(CCNC(=O)O)nn1-c1ccccc1. The number of carboxylic acid groups (broad SMARTS) is 1. The van der Waals surface area contributed by atoms with Crippen molar-refractivity contribution in [2.45, 2.75) is 13.3 Å². The first kappa shape index (κ1) is 18.2. The number of nitrogens with one attached hydrogen (secondary N) is 1. The highest BCUT2D eigenvalue weighted by molar-refractivity contribution is 5.98. The van der Waals surface area contributed by atoms with Crippen LogP contribution in [0, 0.1) is 0 Å². The third-order valence-electron chi connectivity index (χ3n) is 3.96. The van der Waals surface area contributed by atoms with E-state index in [0.29, 0.717) is 17.9 Å². The molecule has 0 aliphatic heterocycles. The lowest BCUT2D eigenvalue weighted by Crippen LogP contribution is -2.25. The Labute approximate surface area is 156 Å². The predicted octanol–water partition coefficient (Wildman–Crippen LogP) is 3.37. The molecule has 7 heteroatoms. The molecular weight excluding hydrogens is 344 g/mol. The molecule has 0 bridgehead atoms. The standard InChI is InChI=1S/C20H20N4O3/c1-15(25)23(17-8-4-2-5-9-17)19-14-16(12-13-21-20(26)27)22-24(19)18-10-6-3-7-11-18/h2-11,14,21H,12-13H2,1H3,(H,26,27). The van der Waals surface area contributed by atoms with E-state index in [1.54, 1.807) is 9.58 Å². The lowest BCUT2D eigenvalue weighted by molar-refractivity contribution is -0.115. The first-order chi connectivity index (χ1) is 13.1. The summed E-state index contributed by atoms with van der Waals surface area (Å²) in [5.41, 5.74) is 2.23. The molecule has 0 spiro atoms. The van der Waals surface area contributed by atoms with E-state index in [1.165, 1.54) is 6.92 Å². The van der Waals surface area contributed by atoms with Crippen molar-refractivity contribution < 1.29 is 14.7 Å². The molecule has 0 fully saturated rings. The van der Waals surface area contributed by atoms with Gasteiger partial charge in [-0.15, -0.1) is 0 Å². The van der Waals surface area contributed by atoms with Crippen LogP contribution in [0.3, 0.4) is 0 Å². The van der Waals surface area contributed by atoms with Crippen molar-refractivity contribution in [2.24, 2.45) is 0 Å². The number of rotatable bonds is 6. The summed E-state index contributed by atoms with van der Waals surface area (Å²) in [6.45, 7) is 1.74. The number of hydrogen-bond donors (Lipinski definition) is 2. The molecule has 1 heterocycles. The quantitative estimate of drug-likeness (QED) is 0.702. The van der Waals surface area contributed by atoms with E-state index in [1.807, 2.05) is 66.7 Å². The number of nitrogens with zero attached hydrogens (tertiary/aromatic N) is 3. The largest absolute Gasteiger partial charge is 0.465 e. The third kappa shape index (κ3) is 4.33. The zero-order valence-corrected chi connectivity index (χ0v) is 14.9. The molecule has 27 heavy (non-hydrogen) atoms. The molecule has 0 atom stereocenters. The van der Waals surface area contributed by atoms with Crippen LogP contribution >= 0.6 is 0 Å². The summed E-state index contributed by atoms with van der Waals surface area (Å²) in [7, 11) is 0. The average Bonchev–Trinajstić information content (AvgIpc) is 3.06. The monoisotopic (exact) mass is 364 g/mol. The normalized spacial score (nSPS) is 10.4. The summed E-state index contributed by atoms with van der Waals surface area (Å²) in [4.78, 5) is 24.7. The number of carbonyl (C=O) groups excluding carboxylic acids is 1. The Hall–Kier alpha value is -3.61. The molecule has 2 amide bonds. The molecule has 0 aliphatic rings. The maximum absolute atomic E-state index is 12.4. The number of aromatic nitrogens is 2. The predicted molar refractivity (Wildman–Crippen MR) is 103 cm³/mol. The second-order valence-corrected chi connectivity index (χ2v) is 5.91. The fraction of sp³-hybridized carbons (Fsp3) is 0.150. The third-order valence-corrected chi connectivity index (χ3v) is 3.96. The van der Waals surface area contributed by atoms with Gasteiger partial charge in [0.05, 0.1) is 17.1 Å². The molecule has 138 valence electrons. The Morgan fingerprint density at radius 2 is 1.70 bits per heavy atom. The first-order valence-corrected chi connectivity index (χ1v) is 8.53. The first-order valence-electron chi connectivity index (χ1n) is 8.53. The number of benzene rings is 2. The highest BCUT2D eigenvalue weighted by atomic mass is 16.4. The highest BCUT2D eigenvalue weighted by Crippen LogP contribution is 2.28. The Morgan fingerprint density at radius 3 is 2.30 bits per heavy atom. The van der Waals surface area contributed by atoms with Crippen molar-refractivity contribution in [1.82, 2.24) is 15.1 Å². The zero-order valence-electron chi connectivity index (χ0n) is 14.9. The van der Waals surface area contributed by atoms with Crippen LogP contribution in [0.1, 0.15) is 12.6 Å². The van der Waals surface area contributed by atoms with E-state index < -0.39 is 6.09 Å². The molecule has 0 aliphatic carbocycles. The maximum atomic E-state index is 12.4. The molecule has 0 unspecified atom stereocenters. The van der Waals surface area contributed by atoms with Crippen LogP contribution in [0.15, 0.2) is 66.7 Å². The van der Waals surface area contributed by atoms with Crippen molar-refractivity contribution in [3.8, 4) is 5.69 Å². The second-order valence-electron chi connectivity index (χ2n) is 5.91. The lowest BCUT2D eigenvalue weighted by Gasteiger charge is -2.22. The van der Waals surface area contributed by atoms with Crippen molar-refractivity contribution >= 4 is 23.5 Å². The fourth-order valence-electron chi connectivity index (χ4n) is 2.81. The molecule has 0 saturated heterocycles. The van der Waals surface area contributed by atoms with Crippen molar-refractivity contribution in [3.63, 3.8) is 0 Å². The molecule has 7 nitrogen and oxygen atoms in total. The molecule has 1 aromatic heterocycles. The Morgan fingerprint density at radius 1 is 1.07 bits per heavy atom. The minimum Gasteiger partial charge on any atom is -0.465 e. The molecule has 2 aromatic carbocycles. The van der Waals surface area contributed by atoms with Crippen LogP contribution in [-0.2, 0) is 11.2 Å². The molecule has 3 rings (SSSR count). The van der Waals surface area contributed by atoms with Crippen LogP contribution in [0.2, 0.25) is 0 Å². The second kappa shape index (κ2) is 8.18. The summed E-state index contributed by atoms with van der Waals surface area (Å²) in [5, 5.41) is 15.7. The van der Waals surface area contributed by atoms with Crippen LogP contribution in [0.4, 0.5) is 16.3 Å². The Bertz CT molecular complexity index is 923. The van der Waals surface area contributed by atoms with E-state index in [2.05, 4.69) is 10.4 Å². The van der Waals surface area contributed by atoms with Gasteiger partial charge in [-0.25, -0.2) is 9.48 Å². The average molecular weight is 364 g/mol. The van der Waals surface area contributed by atoms with Gasteiger partial charge in [0.1, 0.15) is 5.82 Å². The lowest BCUT2D eigenvalue weighted by atomic mass is 10.2. The van der Waals surface area contributed by atoms with E-state index >= 15 is 0 Å². The Kier molecular flexibility index (Phi) is 5.51. The fourth-order valence-corrected chi connectivity index (χ4v) is 2.81. The highest BCUT2D eigenvalue weighted by Gasteiger charge is 2.21. The van der Waals surface area contributed by atoms with Gasteiger partial charge in [0.2, 0.25) is 5.91 Å². The van der Waals surface area contributed by atoms with Crippen LogP contribution in [0.25, 0.3) is 5.69 Å². The maximum Gasteiger partial charge on any atom is 0.404 e. The number of amides is 2. The van der Waals surface area contributed by atoms with Gasteiger partial charge >= 0.3 is 6.09 Å². The summed E-state index contributed by atoms with van der Waals surface area (Å²) >= 11 is 0. The van der Waals surface area contributed by atoms with Gasteiger partial charge in [-0.2, -0.15) is 5.10 Å². The zero-order chi connectivity index (χ0) is 19.2. The number of carbonyl (C=O) groups is 2. The van der Waals surface area contributed by atoms with Crippen LogP contribution < -0.4 is 10.2 Å². The summed E-state index contributed by atoms with van der Waals surface area (Å²) in [5.74, 6) is 0.457. The van der Waals surface area contributed by atoms with E-state index in [-0.39, 0.29) is 12.5 Å². The van der Waals surface area contributed by atoms with Gasteiger partial charge < -0.3 is 10.4 Å². The van der Waals surface area contributed by atoms with E-state index in [0.717, 1.165) is 11.4 Å². The van der Waals surface area contributed by atoms with Gasteiger partial charge in [0.25, 0.3) is 0 Å². The Balaban J connectivity index is 2.04. The minimum atomic E-state index is -1.08. The number of hydrogen-bond acceptors (Lipinski definition) is 3. The number of anilines is 2. The van der Waals surface area contributed by atoms with E-state index in [9.17, 15) is 9.59 Å². The molecule has 3 aromatic rings. The van der Waals surface area contributed by atoms with Gasteiger partial charge in [-0.3, -0.25) is 9.69 Å². The topological polar surface area (TPSA) is 87.5 Å². The van der Waals surface area contributed by atoms with E-state index in [4.69, 9.17) is 5.11 Å². The smallest absolute Gasteiger partial charge is 0.404 e. The molecule has 2 N–H and O–H groups in total.